The molecule has 0 aromatic rings. The highest BCUT2D eigenvalue weighted by Crippen LogP contribution is 2.12. The highest BCUT2D eigenvalue weighted by molar-refractivity contribution is 7.89. The van der Waals surface area contributed by atoms with Crippen LogP contribution in [0.2, 0.25) is 0 Å². The first-order valence-corrected chi connectivity index (χ1v) is 7.53. The van der Waals surface area contributed by atoms with Gasteiger partial charge in [-0.3, -0.25) is 4.79 Å². The Balaban J connectivity index is 2.69. The Morgan fingerprint density at radius 3 is 2.76 bits per heavy atom. The van der Waals surface area contributed by atoms with E-state index in [2.05, 4.69) is 5.32 Å². The SMILES string of the molecule is CCCCCS(=O)(=O)N1CCNCC1C(=O)O. The van der Waals surface area contributed by atoms with E-state index in [0.717, 1.165) is 17.1 Å². The zero-order valence-corrected chi connectivity index (χ0v) is 10.9. The number of unbranched alkanes of at least 4 members (excludes halogenated alkanes) is 2. The molecule has 7 heteroatoms. The van der Waals surface area contributed by atoms with Crippen LogP contribution in [0.25, 0.3) is 0 Å². The maximum Gasteiger partial charge on any atom is 0.323 e. The number of carbonyl (C=O) groups is 1. The first-order chi connectivity index (χ1) is 7.99. The van der Waals surface area contributed by atoms with Gasteiger partial charge < -0.3 is 10.4 Å². The highest BCUT2D eigenvalue weighted by atomic mass is 32.2. The van der Waals surface area contributed by atoms with Gasteiger partial charge in [-0.2, -0.15) is 4.31 Å². The van der Waals surface area contributed by atoms with Crippen molar-refractivity contribution in [2.45, 2.75) is 32.2 Å². The van der Waals surface area contributed by atoms with Gasteiger partial charge in [0.2, 0.25) is 10.0 Å². The van der Waals surface area contributed by atoms with Gasteiger partial charge in [0.15, 0.2) is 0 Å². The lowest BCUT2D eigenvalue weighted by Crippen LogP contribution is -2.57. The van der Waals surface area contributed by atoms with Crippen molar-refractivity contribution in [2.75, 3.05) is 25.4 Å². The third-order valence-electron chi connectivity index (χ3n) is 2.84. The molecule has 2 N–H and O–H groups in total. The van der Waals surface area contributed by atoms with E-state index in [1.807, 2.05) is 6.92 Å². The summed E-state index contributed by atoms with van der Waals surface area (Å²) < 4.78 is 25.1. The molecule has 0 radical (unpaired) electrons. The van der Waals surface area contributed by atoms with Gasteiger partial charge in [-0.05, 0) is 6.42 Å². The van der Waals surface area contributed by atoms with Gasteiger partial charge in [0.05, 0.1) is 5.75 Å². The Kier molecular flexibility index (Phi) is 5.35. The highest BCUT2D eigenvalue weighted by Gasteiger charge is 2.36. The minimum absolute atomic E-state index is 0.0463. The number of hydrogen-bond donors (Lipinski definition) is 2. The molecular formula is C10H20N2O4S. The van der Waals surface area contributed by atoms with Crippen molar-refractivity contribution in [1.29, 1.82) is 0 Å². The van der Waals surface area contributed by atoms with Gasteiger partial charge in [-0.15, -0.1) is 0 Å². The molecular weight excluding hydrogens is 244 g/mol. The molecule has 0 amide bonds. The molecule has 0 spiro atoms. The van der Waals surface area contributed by atoms with Crippen molar-refractivity contribution >= 4 is 16.0 Å². The van der Waals surface area contributed by atoms with Crippen molar-refractivity contribution < 1.29 is 18.3 Å². The number of sulfonamides is 1. The maximum atomic E-state index is 12.0. The van der Waals surface area contributed by atoms with Gasteiger partial charge in [-0.25, -0.2) is 8.42 Å². The van der Waals surface area contributed by atoms with Crippen molar-refractivity contribution in [3.63, 3.8) is 0 Å². The molecule has 0 bridgehead atoms. The lowest BCUT2D eigenvalue weighted by molar-refractivity contribution is -0.141. The Morgan fingerprint density at radius 2 is 2.18 bits per heavy atom. The quantitative estimate of drug-likeness (QED) is 0.652. The maximum absolute atomic E-state index is 12.0. The molecule has 6 nitrogen and oxygen atoms in total. The molecule has 1 atom stereocenters. The first-order valence-electron chi connectivity index (χ1n) is 5.92. The fourth-order valence-electron chi connectivity index (χ4n) is 1.88. The topological polar surface area (TPSA) is 86.7 Å². The lowest BCUT2D eigenvalue weighted by atomic mass is 10.2. The van der Waals surface area contributed by atoms with Gasteiger partial charge >= 0.3 is 5.97 Å². The molecule has 0 aliphatic carbocycles. The number of rotatable bonds is 6. The summed E-state index contributed by atoms with van der Waals surface area (Å²) >= 11 is 0. The Morgan fingerprint density at radius 1 is 1.47 bits per heavy atom. The Hall–Kier alpha value is -0.660. The second-order valence-corrected chi connectivity index (χ2v) is 6.23. The molecule has 0 aromatic heterocycles. The van der Waals surface area contributed by atoms with E-state index in [1.165, 1.54) is 0 Å². The van der Waals surface area contributed by atoms with Crippen molar-refractivity contribution in [2.24, 2.45) is 0 Å². The van der Waals surface area contributed by atoms with Crippen LogP contribution in [0.1, 0.15) is 26.2 Å². The predicted molar refractivity (Wildman–Crippen MR) is 64.3 cm³/mol. The summed E-state index contributed by atoms with van der Waals surface area (Å²) in [6.07, 6.45) is 2.39. The van der Waals surface area contributed by atoms with E-state index < -0.39 is 22.0 Å². The zero-order valence-electron chi connectivity index (χ0n) is 10.1. The summed E-state index contributed by atoms with van der Waals surface area (Å²) in [6.45, 7) is 2.93. The molecule has 1 aliphatic heterocycles. The van der Waals surface area contributed by atoms with Crippen LogP contribution >= 0.6 is 0 Å². The summed E-state index contributed by atoms with van der Waals surface area (Å²) in [5.74, 6) is -1.04. The largest absolute Gasteiger partial charge is 0.480 e. The summed E-state index contributed by atoms with van der Waals surface area (Å²) in [7, 11) is -3.44. The monoisotopic (exact) mass is 264 g/mol. The molecule has 17 heavy (non-hydrogen) atoms. The number of carboxylic acids is 1. The minimum atomic E-state index is -3.44. The molecule has 100 valence electrons. The lowest BCUT2D eigenvalue weighted by Gasteiger charge is -2.32. The third-order valence-corrected chi connectivity index (χ3v) is 4.80. The molecule has 1 rings (SSSR count). The second-order valence-electron chi connectivity index (χ2n) is 4.19. The number of carboxylic acid groups (broad SMARTS) is 1. The summed E-state index contributed by atoms with van der Waals surface area (Å²) in [6, 6.07) is -0.963. The zero-order chi connectivity index (χ0) is 12.9. The van der Waals surface area contributed by atoms with Crippen LogP contribution in [0.3, 0.4) is 0 Å². The Labute approximate surface area is 102 Å². The summed E-state index contributed by atoms with van der Waals surface area (Å²) in [4.78, 5) is 11.0. The third kappa shape index (κ3) is 3.93. The van der Waals surface area contributed by atoms with E-state index in [9.17, 15) is 13.2 Å². The normalized spacial score (nSPS) is 22.5. The number of nitrogens with zero attached hydrogens (tertiary/aromatic N) is 1. The van der Waals surface area contributed by atoms with Crippen molar-refractivity contribution in [3.8, 4) is 0 Å². The molecule has 1 unspecified atom stereocenters. The number of piperazine rings is 1. The number of aliphatic carboxylic acids is 1. The number of nitrogens with one attached hydrogen (secondary N) is 1. The molecule has 0 saturated carbocycles. The van der Waals surface area contributed by atoms with Gasteiger partial charge in [-0.1, -0.05) is 19.8 Å². The second kappa shape index (κ2) is 6.32. The van der Waals surface area contributed by atoms with Crippen molar-refractivity contribution in [3.05, 3.63) is 0 Å². The van der Waals surface area contributed by atoms with E-state index in [-0.39, 0.29) is 18.8 Å². The smallest absolute Gasteiger partial charge is 0.323 e. The standard InChI is InChI=1S/C10H20N2O4S/c1-2-3-4-7-17(15,16)12-6-5-11-8-9(12)10(13)14/h9,11H,2-8H2,1H3,(H,13,14). The average Bonchev–Trinajstić information content (AvgIpc) is 2.29. The van der Waals surface area contributed by atoms with E-state index in [1.54, 1.807) is 0 Å². The van der Waals surface area contributed by atoms with E-state index in [0.29, 0.717) is 13.0 Å². The van der Waals surface area contributed by atoms with E-state index in [4.69, 9.17) is 5.11 Å². The first kappa shape index (κ1) is 14.4. The van der Waals surface area contributed by atoms with Gasteiger partial charge in [0, 0.05) is 19.6 Å². The minimum Gasteiger partial charge on any atom is -0.480 e. The summed E-state index contributed by atoms with van der Waals surface area (Å²) in [5, 5.41) is 11.9. The number of hydrogen-bond acceptors (Lipinski definition) is 4. The predicted octanol–water partition coefficient (Wildman–Crippen LogP) is -0.135. The van der Waals surface area contributed by atoms with Gasteiger partial charge in [0.25, 0.3) is 0 Å². The fourth-order valence-corrected chi connectivity index (χ4v) is 3.61. The molecule has 1 saturated heterocycles. The van der Waals surface area contributed by atoms with Crippen LogP contribution < -0.4 is 5.32 Å². The van der Waals surface area contributed by atoms with Crippen LogP contribution in [0, 0.1) is 0 Å². The van der Waals surface area contributed by atoms with Crippen LogP contribution in [0.15, 0.2) is 0 Å². The van der Waals surface area contributed by atoms with E-state index >= 15 is 0 Å². The molecule has 1 heterocycles. The van der Waals surface area contributed by atoms with Crippen LogP contribution in [-0.2, 0) is 14.8 Å². The van der Waals surface area contributed by atoms with Crippen LogP contribution in [0.5, 0.6) is 0 Å². The van der Waals surface area contributed by atoms with Crippen LogP contribution in [-0.4, -0.2) is 55.2 Å². The summed E-state index contributed by atoms with van der Waals surface area (Å²) in [5.41, 5.74) is 0. The fraction of sp³-hybridized carbons (Fsp3) is 0.900. The Bertz CT molecular complexity index is 355. The molecule has 1 fully saturated rings. The molecule has 0 aromatic carbocycles. The average molecular weight is 264 g/mol. The van der Waals surface area contributed by atoms with Crippen molar-refractivity contribution in [1.82, 2.24) is 9.62 Å². The molecule has 1 aliphatic rings. The van der Waals surface area contributed by atoms with Crippen LogP contribution in [0.4, 0.5) is 0 Å². The van der Waals surface area contributed by atoms with Gasteiger partial charge in [0.1, 0.15) is 6.04 Å².